The molecule has 0 saturated carbocycles. The lowest BCUT2D eigenvalue weighted by atomic mass is 10.0. The molecule has 8 nitrogen and oxygen atoms in total. The molecule has 1 fully saturated rings. The van der Waals surface area contributed by atoms with Gasteiger partial charge in [0.1, 0.15) is 10.2 Å². The fourth-order valence-electron chi connectivity index (χ4n) is 3.17. The van der Waals surface area contributed by atoms with E-state index in [1.54, 1.807) is 11.1 Å². The third-order valence-electron chi connectivity index (χ3n) is 4.54. The lowest BCUT2D eigenvalue weighted by Gasteiger charge is -2.33. The normalized spacial score (nSPS) is 15.8. The quantitative estimate of drug-likeness (QED) is 0.771. The van der Waals surface area contributed by atoms with Gasteiger partial charge in [0.2, 0.25) is 0 Å². The molecule has 27 heavy (non-hydrogen) atoms. The number of rotatable bonds is 2. The predicted molar refractivity (Wildman–Crippen MR) is 106 cm³/mol. The monoisotopic (exact) mass is 436 g/mol. The Bertz CT molecular complexity index is 837. The standard InChI is InChI=1S/C18H25BrN6O2/c1-11-13(14-10-21-16(20)15(19)23-14)9-22-25(11)12-5-7-24(8-6-12)17(26)27-18(2,3)4/h9-10,12H,5-8H2,1-4H3,(H2,20,21). The first kappa shape index (κ1) is 19.6. The Morgan fingerprint density at radius 3 is 2.56 bits per heavy atom. The number of hydrogen-bond donors (Lipinski definition) is 1. The number of aromatic nitrogens is 4. The van der Waals surface area contributed by atoms with E-state index in [2.05, 4.69) is 31.0 Å². The molecule has 0 aromatic carbocycles. The number of likely N-dealkylation sites (tertiary alicyclic amines) is 1. The van der Waals surface area contributed by atoms with Crippen molar-refractivity contribution < 1.29 is 9.53 Å². The predicted octanol–water partition coefficient (Wildman–Crippen LogP) is 3.57. The van der Waals surface area contributed by atoms with E-state index in [1.807, 2.05) is 38.6 Å². The average Bonchev–Trinajstić information content (AvgIpc) is 2.97. The summed E-state index contributed by atoms with van der Waals surface area (Å²) >= 11 is 3.32. The smallest absolute Gasteiger partial charge is 0.410 e. The second-order valence-electron chi connectivity index (χ2n) is 7.72. The Labute approximate surface area is 167 Å². The SMILES string of the molecule is Cc1c(-c2cnc(N)c(Br)n2)cnn1C1CCN(C(=O)OC(C)(C)C)CC1. The maximum Gasteiger partial charge on any atom is 0.410 e. The molecule has 0 atom stereocenters. The highest BCUT2D eigenvalue weighted by atomic mass is 79.9. The summed E-state index contributed by atoms with van der Waals surface area (Å²) in [6.45, 7) is 8.97. The van der Waals surface area contributed by atoms with E-state index in [1.165, 1.54) is 0 Å². The summed E-state index contributed by atoms with van der Waals surface area (Å²) in [5.74, 6) is 0.360. The lowest BCUT2D eigenvalue weighted by molar-refractivity contribution is 0.0184. The minimum Gasteiger partial charge on any atom is -0.444 e. The zero-order chi connectivity index (χ0) is 19.8. The summed E-state index contributed by atoms with van der Waals surface area (Å²) < 4.78 is 8.01. The highest BCUT2D eigenvalue weighted by molar-refractivity contribution is 9.10. The number of anilines is 1. The number of nitrogens with two attached hydrogens (primary N) is 1. The van der Waals surface area contributed by atoms with E-state index in [-0.39, 0.29) is 12.1 Å². The van der Waals surface area contributed by atoms with Crippen molar-refractivity contribution in [1.82, 2.24) is 24.6 Å². The molecule has 0 radical (unpaired) electrons. The molecule has 146 valence electrons. The van der Waals surface area contributed by atoms with Crippen LogP contribution >= 0.6 is 15.9 Å². The molecule has 2 aromatic heterocycles. The molecule has 1 amide bonds. The Balaban J connectivity index is 1.70. The van der Waals surface area contributed by atoms with Crippen molar-refractivity contribution in [1.29, 1.82) is 0 Å². The molecule has 3 heterocycles. The topological polar surface area (TPSA) is 99.2 Å². The number of hydrogen-bond acceptors (Lipinski definition) is 6. The van der Waals surface area contributed by atoms with Crippen LogP contribution in [0.1, 0.15) is 45.3 Å². The van der Waals surface area contributed by atoms with E-state index in [9.17, 15) is 4.79 Å². The van der Waals surface area contributed by atoms with E-state index in [0.29, 0.717) is 23.5 Å². The molecule has 0 spiro atoms. The zero-order valence-electron chi connectivity index (χ0n) is 16.1. The van der Waals surface area contributed by atoms with Crippen molar-refractivity contribution >= 4 is 27.8 Å². The van der Waals surface area contributed by atoms with Crippen LogP contribution < -0.4 is 5.73 Å². The van der Waals surface area contributed by atoms with Gasteiger partial charge < -0.3 is 15.4 Å². The Kier molecular flexibility index (Phi) is 5.41. The molecule has 1 aliphatic rings. The van der Waals surface area contributed by atoms with Crippen molar-refractivity contribution in [2.24, 2.45) is 0 Å². The summed E-state index contributed by atoms with van der Waals surface area (Å²) in [4.78, 5) is 22.6. The van der Waals surface area contributed by atoms with Gasteiger partial charge in [-0.05, 0) is 56.5 Å². The molecular weight excluding hydrogens is 412 g/mol. The maximum absolute atomic E-state index is 12.2. The van der Waals surface area contributed by atoms with Crippen LogP contribution in [0.4, 0.5) is 10.6 Å². The number of piperidine rings is 1. The van der Waals surface area contributed by atoms with Crippen LogP contribution in [-0.4, -0.2) is 49.4 Å². The van der Waals surface area contributed by atoms with Crippen LogP contribution in [0.25, 0.3) is 11.3 Å². The molecule has 3 rings (SSSR count). The summed E-state index contributed by atoms with van der Waals surface area (Å²) in [6.07, 6.45) is 4.87. The molecule has 1 saturated heterocycles. The highest BCUT2D eigenvalue weighted by Crippen LogP contribution is 2.29. The van der Waals surface area contributed by atoms with Gasteiger partial charge >= 0.3 is 6.09 Å². The van der Waals surface area contributed by atoms with Gasteiger partial charge in [0.15, 0.2) is 5.82 Å². The highest BCUT2D eigenvalue weighted by Gasteiger charge is 2.28. The number of amides is 1. The van der Waals surface area contributed by atoms with Gasteiger partial charge in [0, 0.05) is 24.3 Å². The summed E-state index contributed by atoms with van der Waals surface area (Å²) in [5, 5.41) is 4.56. The van der Waals surface area contributed by atoms with Gasteiger partial charge in [-0.3, -0.25) is 4.68 Å². The summed E-state index contributed by atoms with van der Waals surface area (Å²) in [6, 6.07) is 0.239. The molecule has 0 unspecified atom stereocenters. The molecule has 2 aromatic rings. The van der Waals surface area contributed by atoms with Crippen LogP contribution in [0.3, 0.4) is 0 Å². The average molecular weight is 437 g/mol. The van der Waals surface area contributed by atoms with Gasteiger partial charge in [-0.15, -0.1) is 0 Å². The first-order valence-corrected chi connectivity index (χ1v) is 9.75. The van der Waals surface area contributed by atoms with Crippen LogP contribution in [0.5, 0.6) is 0 Å². The van der Waals surface area contributed by atoms with Crippen LogP contribution in [0.2, 0.25) is 0 Å². The van der Waals surface area contributed by atoms with E-state index < -0.39 is 5.60 Å². The van der Waals surface area contributed by atoms with Crippen molar-refractivity contribution in [3.05, 3.63) is 22.7 Å². The van der Waals surface area contributed by atoms with Gasteiger partial charge in [-0.2, -0.15) is 5.10 Å². The van der Waals surface area contributed by atoms with Crippen molar-refractivity contribution in [3.63, 3.8) is 0 Å². The van der Waals surface area contributed by atoms with Crippen molar-refractivity contribution in [2.45, 2.75) is 52.2 Å². The Morgan fingerprint density at radius 1 is 1.30 bits per heavy atom. The molecule has 0 bridgehead atoms. The second kappa shape index (κ2) is 7.46. The van der Waals surface area contributed by atoms with E-state index in [0.717, 1.165) is 29.8 Å². The summed E-state index contributed by atoms with van der Waals surface area (Å²) in [7, 11) is 0. The largest absolute Gasteiger partial charge is 0.444 e. The fraction of sp³-hybridized carbons (Fsp3) is 0.556. The maximum atomic E-state index is 12.2. The number of nitrogens with zero attached hydrogens (tertiary/aromatic N) is 5. The Hall–Kier alpha value is -2.16. The van der Waals surface area contributed by atoms with E-state index >= 15 is 0 Å². The number of carbonyl (C=O) groups excluding carboxylic acids is 1. The lowest BCUT2D eigenvalue weighted by Crippen LogP contribution is -2.42. The number of carbonyl (C=O) groups is 1. The van der Waals surface area contributed by atoms with Gasteiger partial charge in [-0.1, -0.05) is 0 Å². The minimum atomic E-state index is -0.476. The van der Waals surface area contributed by atoms with Gasteiger partial charge in [0.25, 0.3) is 0 Å². The minimum absolute atomic E-state index is 0.239. The third kappa shape index (κ3) is 4.40. The van der Waals surface area contributed by atoms with Crippen molar-refractivity contribution in [3.8, 4) is 11.3 Å². The van der Waals surface area contributed by atoms with E-state index in [4.69, 9.17) is 10.5 Å². The van der Waals surface area contributed by atoms with Gasteiger partial charge in [-0.25, -0.2) is 14.8 Å². The Morgan fingerprint density at radius 2 is 1.96 bits per heavy atom. The van der Waals surface area contributed by atoms with Crippen molar-refractivity contribution in [2.75, 3.05) is 18.8 Å². The first-order valence-electron chi connectivity index (χ1n) is 8.96. The molecular formula is C18H25BrN6O2. The molecule has 2 N–H and O–H groups in total. The molecule has 1 aliphatic heterocycles. The van der Waals surface area contributed by atoms with Crippen LogP contribution in [-0.2, 0) is 4.74 Å². The third-order valence-corrected chi connectivity index (χ3v) is 5.12. The molecule has 9 heteroatoms. The zero-order valence-corrected chi connectivity index (χ0v) is 17.7. The number of nitrogen functional groups attached to an aromatic ring is 1. The summed E-state index contributed by atoms with van der Waals surface area (Å²) in [5.41, 5.74) is 7.92. The van der Waals surface area contributed by atoms with Gasteiger partial charge in [0.05, 0.1) is 24.1 Å². The second-order valence-corrected chi connectivity index (χ2v) is 8.47. The number of halogens is 1. The van der Waals surface area contributed by atoms with Crippen LogP contribution in [0, 0.1) is 6.92 Å². The fourth-order valence-corrected chi connectivity index (χ4v) is 3.46. The number of ether oxygens (including phenoxy) is 1. The van der Waals surface area contributed by atoms with Crippen LogP contribution in [0.15, 0.2) is 17.0 Å². The molecule has 0 aliphatic carbocycles. The first-order chi connectivity index (χ1) is 12.7.